The van der Waals surface area contributed by atoms with Crippen molar-refractivity contribution in [3.8, 4) is 0 Å². The maximum atomic E-state index is 11.5. The predicted molar refractivity (Wildman–Crippen MR) is 54.1 cm³/mol. The molecule has 0 bridgehead atoms. The zero-order chi connectivity index (χ0) is 11.3. The zero-order valence-corrected chi connectivity index (χ0v) is 9.32. The number of esters is 2. The molecule has 0 aliphatic heterocycles. The molecule has 0 saturated heterocycles. The van der Waals surface area contributed by atoms with Crippen molar-refractivity contribution >= 4 is 11.9 Å². The lowest BCUT2D eigenvalue weighted by atomic mass is 10.0. The van der Waals surface area contributed by atoms with Crippen molar-refractivity contribution in [1.82, 2.24) is 0 Å². The molecule has 0 radical (unpaired) electrons. The SMILES string of the molecule is CCOC(=O)C(CC1CC1)C(=O)OCC. The van der Waals surface area contributed by atoms with Crippen molar-refractivity contribution in [1.29, 1.82) is 0 Å². The fourth-order valence-corrected chi connectivity index (χ4v) is 1.46. The summed E-state index contributed by atoms with van der Waals surface area (Å²) in [5, 5.41) is 0. The Morgan fingerprint density at radius 2 is 1.60 bits per heavy atom. The van der Waals surface area contributed by atoms with Crippen molar-refractivity contribution in [3.63, 3.8) is 0 Å². The first-order valence-corrected chi connectivity index (χ1v) is 5.52. The number of hydrogen-bond donors (Lipinski definition) is 0. The lowest BCUT2D eigenvalue weighted by Crippen LogP contribution is -2.28. The molecular formula is C11H18O4. The monoisotopic (exact) mass is 214 g/mol. The van der Waals surface area contributed by atoms with E-state index in [1.807, 2.05) is 0 Å². The maximum absolute atomic E-state index is 11.5. The summed E-state index contributed by atoms with van der Waals surface area (Å²) in [4.78, 5) is 23.0. The van der Waals surface area contributed by atoms with Crippen LogP contribution in [0.4, 0.5) is 0 Å². The van der Waals surface area contributed by atoms with Crippen LogP contribution < -0.4 is 0 Å². The molecule has 1 rings (SSSR count). The Balaban J connectivity index is 2.49. The molecule has 4 heteroatoms. The lowest BCUT2D eigenvalue weighted by molar-refractivity contribution is -0.162. The van der Waals surface area contributed by atoms with Crippen LogP contribution in [0.2, 0.25) is 0 Å². The number of carbonyl (C=O) groups is 2. The molecule has 1 aliphatic rings. The van der Waals surface area contributed by atoms with E-state index >= 15 is 0 Å². The van der Waals surface area contributed by atoms with Gasteiger partial charge in [0.05, 0.1) is 13.2 Å². The van der Waals surface area contributed by atoms with E-state index in [2.05, 4.69) is 0 Å². The zero-order valence-electron chi connectivity index (χ0n) is 9.32. The van der Waals surface area contributed by atoms with Crippen LogP contribution in [0.1, 0.15) is 33.1 Å². The molecule has 0 aromatic carbocycles. The molecule has 0 spiro atoms. The van der Waals surface area contributed by atoms with Crippen LogP contribution in [0.5, 0.6) is 0 Å². The average molecular weight is 214 g/mol. The molecule has 0 amide bonds. The molecule has 0 unspecified atom stereocenters. The van der Waals surface area contributed by atoms with E-state index in [0.717, 1.165) is 12.8 Å². The van der Waals surface area contributed by atoms with Gasteiger partial charge < -0.3 is 9.47 Å². The molecule has 1 saturated carbocycles. The van der Waals surface area contributed by atoms with Gasteiger partial charge >= 0.3 is 11.9 Å². The standard InChI is InChI=1S/C11H18O4/c1-3-14-10(12)9(7-8-5-6-8)11(13)15-4-2/h8-9H,3-7H2,1-2H3. The Morgan fingerprint density at radius 1 is 1.13 bits per heavy atom. The first kappa shape index (κ1) is 12.0. The Bertz CT molecular complexity index is 215. The fourth-order valence-electron chi connectivity index (χ4n) is 1.46. The summed E-state index contributed by atoms with van der Waals surface area (Å²) in [6.07, 6.45) is 2.79. The van der Waals surface area contributed by atoms with Gasteiger partial charge in [-0.15, -0.1) is 0 Å². The Hall–Kier alpha value is -1.06. The van der Waals surface area contributed by atoms with Crippen LogP contribution in [0, 0.1) is 11.8 Å². The average Bonchev–Trinajstić information content (AvgIpc) is 2.98. The summed E-state index contributed by atoms with van der Waals surface area (Å²) in [5.74, 6) is -1.09. The third-order valence-electron chi connectivity index (χ3n) is 2.41. The summed E-state index contributed by atoms with van der Waals surface area (Å²) < 4.78 is 9.72. The molecule has 86 valence electrons. The number of carbonyl (C=O) groups excluding carboxylic acids is 2. The van der Waals surface area contributed by atoms with E-state index in [4.69, 9.17) is 9.47 Å². The van der Waals surface area contributed by atoms with E-state index < -0.39 is 17.9 Å². The van der Waals surface area contributed by atoms with Crippen LogP contribution >= 0.6 is 0 Å². The molecule has 1 aliphatic carbocycles. The van der Waals surface area contributed by atoms with Crippen LogP contribution in [0.3, 0.4) is 0 Å². The van der Waals surface area contributed by atoms with Crippen molar-refractivity contribution in [2.45, 2.75) is 33.1 Å². The minimum Gasteiger partial charge on any atom is -0.465 e. The van der Waals surface area contributed by atoms with Gasteiger partial charge in [-0.05, 0) is 26.2 Å². The Kier molecular flexibility index (Phi) is 4.59. The van der Waals surface area contributed by atoms with Crippen LogP contribution in [0.25, 0.3) is 0 Å². The molecule has 0 aromatic heterocycles. The first-order valence-electron chi connectivity index (χ1n) is 5.52. The van der Waals surface area contributed by atoms with Crippen molar-refractivity contribution in [2.24, 2.45) is 11.8 Å². The van der Waals surface area contributed by atoms with Crippen molar-refractivity contribution < 1.29 is 19.1 Å². The topological polar surface area (TPSA) is 52.6 Å². The van der Waals surface area contributed by atoms with E-state index in [0.29, 0.717) is 25.6 Å². The van der Waals surface area contributed by atoms with Crippen LogP contribution in [-0.4, -0.2) is 25.2 Å². The molecule has 0 atom stereocenters. The summed E-state index contributed by atoms with van der Waals surface area (Å²) >= 11 is 0. The largest absolute Gasteiger partial charge is 0.465 e. The number of rotatable bonds is 6. The molecule has 1 fully saturated rings. The summed E-state index contributed by atoms with van der Waals surface area (Å²) in [5.41, 5.74) is 0. The normalized spacial score (nSPS) is 15.1. The number of ether oxygens (including phenoxy) is 2. The highest BCUT2D eigenvalue weighted by atomic mass is 16.6. The highest BCUT2D eigenvalue weighted by molar-refractivity contribution is 5.94. The molecular weight excluding hydrogens is 196 g/mol. The number of hydrogen-bond acceptors (Lipinski definition) is 4. The van der Waals surface area contributed by atoms with E-state index in [1.165, 1.54) is 0 Å². The highest BCUT2D eigenvalue weighted by Gasteiger charge is 2.35. The second kappa shape index (κ2) is 5.73. The molecule has 15 heavy (non-hydrogen) atoms. The summed E-state index contributed by atoms with van der Waals surface area (Å²) in [7, 11) is 0. The van der Waals surface area contributed by atoms with Gasteiger partial charge in [0, 0.05) is 0 Å². The molecule has 4 nitrogen and oxygen atoms in total. The highest BCUT2D eigenvalue weighted by Crippen LogP contribution is 2.36. The van der Waals surface area contributed by atoms with Gasteiger partial charge in [-0.1, -0.05) is 12.8 Å². The Morgan fingerprint density at radius 3 is 1.93 bits per heavy atom. The van der Waals surface area contributed by atoms with Gasteiger partial charge in [-0.2, -0.15) is 0 Å². The van der Waals surface area contributed by atoms with Crippen molar-refractivity contribution in [3.05, 3.63) is 0 Å². The smallest absolute Gasteiger partial charge is 0.320 e. The second-order valence-electron chi connectivity index (χ2n) is 3.74. The third kappa shape index (κ3) is 3.90. The van der Waals surface area contributed by atoms with E-state index in [9.17, 15) is 9.59 Å². The van der Waals surface area contributed by atoms with E-state index in [1.54, 1.807) is 13.8 Å². The summed E-state index contributed by atoms with van der Waals surface area (Å²) in [6, 6.07) is 0. The lowest BCUT2D eigenvalue weighted by Gasteiger charge is -2.13. The second-order valence-corrected chi connectivity index (χ2v) is 3.74. The minimum absolute atomic E-state index is 0.305. The first-order chi connectivity index (χ1) is 7.19. The summed E-state index contributed by atoms with van der Waals surface area (Å²) in [6.45, 7) is 4.08. The fraction of sp³-hybridized carbons (Fsp3) is 0.818. The third-order valence-corrected chi connectivity index (χ3v) is 2.41. The van der Waals surface area contributed by atoms with Gasteiger partial charge in [0.15, 0.2) is 5.92 Å². The minimum atomic E-state index is -0.711. The molecule has 0 aromatic rings. The predicted octanol–water partition coefficient (Wildman–Crippen LogP) is 1.53. The quantitative estimate of drug-likeness (QED) is 0.497. The van der Waals surface area contributed by atoms with Crippen LogP contribution in [0.15, 0.2) is 0 Å². The van der Waals surface area contributed by atoms with Gasteiger partial charge in [0.2, 0.25) is 0 Å². The molecule has 0 heterocycles. The molecule has 0 N–H and O–H groups in total. The van der Waals surface area contributed by atoms with Gasteiger partial charge in [-0.25, -0.2) is 0 Å². The van der Waals surface area contributed by atoms with Gasteiger partial charge in [-0.3, -0.25) is 9.59 Å². The maximum Gasteiger partial charge on any atom is 0.320 e. The van der Waals surface area contributed by atoms with Crippen molar-refractivity contribution in [2.75, 3.05) is 13.2 Å². The van der Waals surface area contributed by atoms with E-state index in [-0.39, 0.29) is 0 Å². The van der Waals surface area contributed by atoms with Gasteiger partial charge in [0.25, 0.3) is 0 Å². The Labute approximate surface area is 89.9 Å². The van der Waals surface area contributed by atoms with Gasteiger partial charge in [0.1, 0.15) is 0 Å². The van der Waals surface area contributed by atoms with Crippen LogP contribution in [-0.2, 0) is 19.1 Å².